The summed E-state index contributed by atoms with van der Waals surface area (Å²) in [6, 6.07) is 5.70. The van der Waals surface area contributed by atoms with Crippen molar-refractivity contribution in [2.75, 3.05) is 0 Å². The van der Waals surface area contributed by atoms with Crippen molar-refractivity contribution in [2.24, 2.45) is 17.3 Å². The lowest BCUT2D eigenvalue weighted by Gasteiger charge is -2.35. The molecule has 7 nitrogen and oxygen atoms in total. The van der Waals surface area contributed by atoms with Crippen LogP contribution in [0.25, 0.3) is 10.2 Å². The number of fused-ring (bicyclic) bond motifs is 1. The number of hydrogen-bond acceptors (Lipinski definition) is 8. The number of ketones is 1. The second-order valence-electron chi connectivity index (χ2n) is 10.9. The van der Waals surface area contributed by atoms with Crippen LogP contribution in [0.4, 0.5) is 0 Å². The summed E-state index contributed by atoms with van der Waals surface area (Å²) in [5, 5.41) is 32.0. The van der Waals surface area contributed by atoms with Gasteiger partial charge in [-0.1, -0.05) is 45.4 Å². The smallest absolute Gasteiger partial charge is 0.309 e. The number of benzene rings is 1. The number of carbonyl (C=O) groups is 2. The Morgan fingerprint density at radius 2 is 1.95 bits per heavy atom. The van der Waals surface area contributed by atoms with E-state index in [0.717, 1.165) is 40.6 Å². The van der Waals surface area contributed by atoms with Crippen LogP contribution in [0.1, 0.15) is 89.8 Å². The first-order valence-electron chi connectivity index (χ1n) is 13.2. The summed E-state index contributed by atoms with van der Waals surface area (Å²) in [6.07, 6.45) is 2.56. The minimum atomic E-state index is -1.25. The Kier molecular flexibility index (Phi) is 10.0. The Balaban J connectivity index is 1.93. The summed E-state index contributed by atoms with van der Waals surface area (Å²) in [5.74, 6) is -1.49. The van der Waals surface area contributed by atoms with E-state index in [-0.39, 0.29) is 24.7 Å². The fraction of sp³-hybridized carbons (Fsp3) is 0.621. The predicted molar refractivity (Wildman–Crippen MR) is 145 cm³/mol. The van der Waals surface area contributed by atoms with Crippen molar-refractivity contribution in [1.29, 1.82) is 0 Å². The molecule has 1 aliphatic heterocycles. The number of ether oxygens (including phenoxy) is 1. The van der Waals surface area contributed by atoms with Gasteiger partial charge in [0.2, 0.25) is 0 Å². The molecule has 3 rings (SSSR count). The zero-order valence-electron chi connectivity index (χ0n) is 22.6. The number of rotatable bonds is 3. The molecule has 2 heterocycles. The van der Waals surface area contributed by atoms with Gasteiger partial charge in [-0.15, -0.1) is 11.3 Å². The highest BCUT2D eigenvalue weighted by molar-refractivity contribution is 7.18. The molecule has 0 aliphatic carbocycles. The number of aliphatic hydroxyl groups excluding tert-OH is 3. The first-order valence-corrected chi connectivity index (χ1v) is 14.0. The maximum atomic E-state index is 13.4. The van der Waals surface area contributed by atoms with E-state index >= 15 is 0 Å². The second kappa shape index (κ2) is 12.6. The van der Waals surface area contributed by atoms with E-state index in [1.165, 1.54) is 11.3 Å². The molecule has 1 aliphatic rings. The van der Waals surface area contributed by atoms with Gasteiger partial charge in [0.25, 0.3) is 0 Å². The minimum Gasteiger partial charge on any atom is -0.457 e. The number of Topliss-reactive ketones (excluding diaryl/α,β-unsaturated/α-hetero) is 1. The molecule has 0 unspecified atom stereocenters. The van der Waals surface area contributed by atoms with Crippen molar-refractivity contribution in [3.63, 3.8) is 0 Å². The summed E-state index contributed by atoms with van der Waals surface area (Å²) < 4.78 is 6.82. The molecule has 0 amide bonds. The molecule has 1 aromatic carbocycles. The molecule has 0 bridgehead atoms. The van der Waals surface area contributed by atoms with Crippen LogP contribution in [-0.4, -0.2) is 44.3 Å². The van der Waals surface area contributed by atoms with E-state index in [4.69, 9.17) is 4.74 Å². The van der Waals surface area contributed by atoms with Crippen molar-refractivity contribution in [1.82, 2.24) is 4.98 Å². The number of aromatic nitrogens is 1. The third-order valence-electron chi connectivity index (χ3n) is 7.75. The third-order valence-corrected chi connectivity index (χ3v) is 8.77. The van der Waals surface area contributed by atoms with Crippen molar-refractivity contribution in [2.45, 2.75) is 98.1 Å². The first-order chi connectivity index (χ1) is 17.5. The zero-order chi connectivity index (χ0) is 27.3. The zero-order valence-corrected chi connectivity index (χ0v) is 23.4. The van der Waals surface area contributed by atoms with Gasteiger partial charge in [0.1, 0.15) is 16.9 Å². The van der Waals surface area contributed by atoms with Gasteiger partial charge in [0.15, 0.2) is 0 Å². The Morgan fingerprint density at radius 3 is 2.62 bits per heavy atom. The molecular formula is C29H41NO6S. The lowest BCUT2D eigenvalue weighted by Crippen LogP contribution is -2.46. The van der Waals surface area contributed by atoms with Crippen LogP contribution in [0.15, 0.2) is 29.8 Å². The topological polar surface area (TPSA) is 117 Å². The lowest BCUT2D eigenvalue weighted by atomic mass is 9.71. The number of cyclic esters (lactones) is 1. The number of thiazole rings is 1. The molecule has 5 atom stereocenters. The summed E-state index contributed by atoms with van der Waals surface area (Å²) in [4.78, 5) is 30.9. The highest BCUT2D eigenvalue weighted by atomic mass is 32.1. The number of nitrogens with zero attached hydrogens (tertiary/aromatic N) is 1. The van der Waals surface area contributed by atoms with Gasteiger partial charge in [0, 0.05) is 12.3 Å². The number of esters is 1. The summed E-state index contributed by atoms with van der Waals surface area (Å²) in [6.45, 7) is 9.02. The van der Waals surface area contributed by atoms with Crippen LogP contribution in [0.2, 0.25) is 0 Å². The van der Waals surface area contributed by atoms with Gasteiger partial charge in [-0.2, -0.15) is 0 Å². The average Bonchev–Trinajstić information content (AvgIpc) is 3.28. The van der Waals surface area contributed by atoms with E-state index in [9.17, 15) is 24.9 Å². The van der Waals surface area contributed by atoms with Crippen molar-refractivity contribution in [3.8, 4) is 0 Å². The number of carbonyl (C=O) groups excluding carboxylic acids is 2. The Bertz CT molecular complexity index is 1120. The summed E-state index contributed by atoms with van der Waals surface area (Å²) in [5.41, 5.74) is 1.47. The van der Waals surface area contributed by atoms with Gasteiger partial charge in [-0.3, -0.25) is 9.59 Å². The van der Waals surface area contributed by atoms with E-state index in [1.54, 1.807) is 13.8 Å². The van der Waals surface area contributed by atoms with Crippen molar-refractivity contribution < 1.29 is 29.6 Å². The van der Waals surface area contributed by atoms with E-state index < -0.39 is 35.6 Å². The SMILES string of the molecule is CC[C@H]1C(=O)C(C)(C)[C@@H](O)CC(=O)O[C@H](c2ccc3sc(CO)nc3c2)CC=C(C)CCC[C@H](C)[C@@H]1O. The normalized spacial score (nSPS) is 28.6. The predicted octanol–water partition coefficient (Wildman–Crippen LogP) is 5.26. The van der Waals surface area contributed by atoms with Gasteiger partial charge >= 0.3 is 5.97 Å². The second-order valence-corrected chi connectivity index (χ2v) is 12.1. The maximum Gasteiger partial charge on any atom is 0.309 e. The molecule has 0 fully saturated rings. The van der Waals surface area contributed by atoms with Crippen LogP contribution < -0.4 is 0 Å². The molecule has 0 saturated carbocycles. The summed E-state index contributed by atoms with van der Waals surface area (Å²) in [7, 11) is 0. The molecule has 0 saturated heterocycles. The first kappa shape index (κ1) is 29.4. The largest absolute Gasteiger partial charge is 0.457 e. The van der Waals surface area contributed by atoms with Gasteiger partial charge in [0.05, 0.1) is 40.9 Å². The molecule has 1 aromatic heterocycles. The minimum absolute atomic E-state index is 0.0612. The molecule has 37 heavy (non-hydrogen) atoms. The lowest BCUT2D eigenvalue weighted by molar-refractivity contribution is -0.156. The molecule has 204 valence electrons. The van der Waals surface area contributed by atoms with Crippen LogP contribution in [-0.2, 0) is 20.9 Å². The average molecular weight is 532 g/mol. The molecule has 8 heteroatoms. The Labute approximate surface area is 223 Å². The van der Waals surface area contributed by atoms with Gasteiger partial charge < -0.3 is 20.1 Å². The van der Waals surface area contributed by atoms with Gasteiger partial charge in [-0.05, 0) is 56.2 Å². The summed E-state index contributed by atoms with van der Waals surface area (Å²) >= 11 is 1.42. The monoisotopic (exact) mass is 531 g/mol. The van der Waals surface area contributed by atoms with Gasteiger partial charge in [-0.25, -0.2) is 4.98 Å². The Hall–Kier alpha value is -2.13. The molecule has 0 spiro atoms. The van der Waals surface area contributed by atoms with Crippen LogP contribution in [0, 0.1) is 17.3 Å². The number of aliphatic hydroxyl groups is 3. The highest BCUT2D eigenvalue weighted by Gasteiger charge is 2.43. The van der Waals surface area contributed by atoms with E-state index in [2.05, 4.69) is 11.1 Å². The molecule has 0 radical (unpaired) electrons. The highest BCUT2D eigenvalue weighted by Crippen LogP contribution is 2.35. The molecule has 2 aromatic rings. The Morgan fingerprint density at radius 1 is 1.22 bits per heavy atom. The molecular weight excluding hydrogens is 490 g/mol. The quantitative estimate of drug-likeness (QED) is 0.365. The number of allylic oxidation sites excluding steroid dienone is 1. The van der Waals surface area contributed by atoms with Crippen molar-refractivity contribution >= 4 is 33.3 Å². The van der Waals surface area contributed by atoms with Crippen molar-refractivity contribution in [3.05, 3.63) is 40.4 Å². The maximum absolute atomic E-state index is 13.4. The van der Waals surface area contributed by atoms with E-state index in [0.29, 0.717) is 17.8 Å². The fourth-order valence-electron chi connectivity index (χ4n) is 5.04. The fourth-order valence-corrected chi connectivity index (χ4v) is 5.84. The molecule has 3 N–H and O–H groups in total. The van der Waals surface area contributed by atoms with Crippen LogP contribution >= 0.6 is 11.3 Å². The number of hydrogen-bond donors (Lipinski definition) is 3. The third kappa shape index (κ3) is 7.05. The van der Waals surface area contributed by atoms with Crippen LogP contribution in [0.5, 0.6) is 0 Å². The van der Waals surface area contributed by atoms with Crippen LogP contribution in [0.3, 0.4) is 0 Å². The standard InChI is InChI=1S/C29H41NO6S/c1-6-20-27(34)18(3)9-7-8-17(2)10-12-22(36-26(33)15-24(32)29(4,5)28(20)35)19-11-13-23-21(14-19)30-25(16-31)37-23/h10-11,13-14,18,20,22,24,27,31-32,34H,6-9,12,15-16H2,1-5H3/t18-,20+,22-,24-,27-/m0/s1. The van der Waals surface area contributed by atoms with E-state index in [1.807, 2.05) is 39.0 Å².